The van der Waals surface area contributed by atoms with Crippen LogP contribution in [0.5, 0.6) is 0 Å². The zero-order chi connectivity index (χ0) is 15.6. The van der Waals surface area contributed by atoms with Crippen LogP contribution in [-0.4, -0.2) is 54.7 Å². The number of nitrogens with zero attached hydrogens (tertiary/aromatic N) is 4. The van der Waals surface area contributed by atoms with Gasteiger partial charge >= 0.3 is 0 Å². The Morgan fingerprint density at radius 1 is 1.32 bits per heavy atom. The van der Waals surface area contributed by atoms with Crippen LogP contribution in [0, 0.1) is 11.3 Å². The maximum absolute atomic E-state index is 12.6. The summed E-state index contributed by atoms with van der Waals surface area (Å²) in [5, 5.41) is 8.93. The predicted molar refractivity (Wildman–Crippen MR) is 81.3 cm³/mol. The van der Waals surface area contributed by atoms with E-state index in [1.807, 2.05) is 17.0 Å². The van der Waals surface area contributed by atoms with Crippen LogP contribution in [0.1, 0.15) is 25.0 Å². The van der Waals surface area contributed by atoms with Gasteiger partial charge in [-0.15, -0.1) is 0 Å². The van der Waals surface area contributed by atoms with Gasteiger partial charge in [0.2, 0.25) is 0 Å². The Kier molecular flexibility index (Phi) is 3.99. The quantitative estimate of drug-likeness (QED) is 0.838. The SMILES string of the molecule is COC1(C(=O)N2CCN(c3cccc(C#N)n3)CC2)CCC1. The smallest absolute Gasteiger partial charge is 0.254 e. The lowest BCUT2D eigenvalue weighted by atomic mass is 9.78. The second-order valence-corrected chi connectivity index (χ2v) is 5.82. The molecule has 0 spiro atoms. The molecule has 0 N–H and O–H groups in total. The van der Waals surface area contributed by atoms with Gasteiger partial charge in [0.1, 0.15) is 23.2 Å². The fraction of sp³-hybridized carbons (Fsp3) is 0.562. The van der Waals surface area contributed by atoms with Crippen LogP contribution in [0.15, 0.2) is 18.2 Å². The van der Waals surface area contributed by atoms with Gasteiger partial charge < -0.3 is 14.5 Å². The minimum Gasteiger partial charge on any atom is -0.368 e. The number of aromatic nitrogens is 1. The van der Waals surface area contributed by atoms with Gasteiger partial charge in [-0.1, -0.05) is 6.07 Å². The maximum atomic E-state index is 12.6. The van der Waals surface area contributed by atoms with Crippen LogP contribution in [0.25, 0.3) is 0 Å². The van der Waals surface area contributed by atoms with Crippen LogP contribution < -0.4 is 4.90 Å². The molecule has 1 aliphatic heterocycles. The van der Waals surface area contributed by atoms with Gasteiger partial charge in [0.05, 0.1) is 0 Å². The van der Waals surface area contributed by atoms with Crippen molar-refractivity contribution in [2.45, 2.75) is 24.9 Å². The van der Waals surface area contributed by atoms with Gasteiger partial charge in [-0.25, -0.2) is 4.98 Å². The lowest BCUT2D eigenvalue weighted by Crippen LogP contribution is -2.59. The number of hydrogen-bond donors (Lipinski definition) is 0. The van der Waals surface area contributed by atoms with Crippen molar-refractivity contribution in [2.75, 3.05) is 38.2 Å². The Labute approximate surface area is 130 Å². The fourth-order valence-corrected chi connectivity index (χ4v) is 3.09. The number of piperazine rings is 1. The van der Waals surface area contributed by atoms with E-state index in [9.17, 15) is 4.79 Å². The van der Waals surface area contributed by atoms with Gasteiger partial charge in [-0.05, 0) is 31.4 Å². The first-order chi connectivity index (χ1) is 10.7. The number of nitriles is 1. The van der Waals surface area contributed by atoms with E-state index >= 15 is 0 Å². The maximum Gasteiger partial charge on any atom is 0.254 e. The summed E-state index contributed by atoms with van der Waals surface area (Å²) in [6.07, 6.45) is 2.72. The topological polar surface area (TPSA) is 69.5 Å². The molecule has 1 amide bonds. The van der Waals surface area contributed by atoms with Gasteiger partial charge in [0.25, 0.3) is 5.91 Å². The standard InChI is InChI=1S/C16H20N4O2/c1-22-16(6-3-7-16)15(21)20-10-8-19(9-11-20)14-5-2-4-13(12-17)18-14/h2,4-5H,3,6-11H2,1H3. The molecule has 116 valence electrons. The Bertz CT molecular complexity index is 593. The minimum atomic E-state index is -0.568. The number of carbonyl (C=O) groups is 1. The van der Waals surface area contributed by atoms with Crippen molar-refractivity contribution < 1.29 is 9.53 Å². The highest BCUT2D eigenvalue weighted by Crippen LogP contribution is 2.37. The summed E-state index contributed by atoms with van der Waals surface area (Å²) in [6, 6.07) is 7.50. The van der Waals surface area contributed by atoms with Crippen LogP contribution >= 0.6 is 0 Å². The summed E-state index contributed by atoms with van der Waals surface area (Å²) >= 11 is 0. The second-order valence-electron chi connectivity index (χ2n) is 5.82. The van der Waals surface area contributed by atoms with E-state index in [1.54, 1.807) is 13.2 Å². The van der Waals surface area contributed by atoms with Crippen molar-refractivity contribution in [3.63, 3.8) is 0 Å². The van der Waals surface area contributed by atoms with Crippen molar-refractivity contribution in [2.24, 2.45) is 0 Å². The average Bonchev–Trinajstić information content (AvgIpc) is 2.54. The molecule has 3 rings (SSSR count). The molecule has 0 aromatic carbocycles. The number of carbonyl (C=O) groups excluding carboxylic acids is 1. The number of rotatable bonds is 3. The van der Waals surface area contributed by atoms with E-state index in [4.69, 9.17) is 10.00 Å². The molecule has 0 bridgehead atoms. The molecular formula is C16H20N4O2. The first-order valence-electron chi connectivity index (χ1n) is 7.65. The van der Waals surface area contributed by atoms with Crippen LogP contribution in [-0.2, 0) is 9.53 Å². The van der Waals surface area contributed by atoms with E-state index < -0.39 is 5.60 Å². The third-order valence-corrected chi connectivity index (χ3v) is 4.68. The Balaban J connectivity index is 1.63. The summed E-state index contributed by atoms with van der Waals surface area (Å²) in [5.74, 6) is 0.927. The minimum absolute atomic E-state index is 0.125. The summed E-state index contributed by atoms with van der Waals surface area (Å²) in [5.41, 5.74) is -0.148. The van der Waals surface area contributed by atoms with E-state index in [1.165, 1.54) is 0 Å². The number of methoxy groups -OCH3 is 1. The number of amides is 1. The van der Waals surface area contributed by atoms with Crippen molar-refractivity contribution >= 4 is 11.7 Å². The molecule has 2 fully saturated rings. The normalized spacial score (nSPS) is 20.2. The Morgan fingerprint density at radius 2 is 2.05 bits per heavy atom. The molecule has 1 saturated carbocycles. The van der Waals surface area contributed by atoms with Crippen LogP contribution in [0.4, 0.5) is 5.82 Å². The van der Waals surface area contributed by atoms with Gasteiger partial charge in [-0.3, -0.25) is 4.79 Å². The summed E-state index contributed by atoms with van der Waals surface area (Å²) in [6.45, 7) is 2.80. The molecule has 1 saturated heterocycles. The largest absolute Gasteiger partial charge is 0.368 e. The molecule has 6 heteroatoms. The lowest BCUT2D eigenvalue weighted by Gasteiger charge is -2.44. The molecule has 6 nitrogen and oxygen atoms in total. The van der Waals surface area contributed by atoms with E-state index in [0.29, 0.717) is 18.8 Å². The molecule has 1 aromatic rings. The highest BCUT2D eigenvalue weighted by atomic mass is 16.5. The molecule has 22 heavy (non-hydrogen) atoms. The first-order valence-corrected chi connectivity index (χ1v) is 7.65. The third kappa shape index (κ3) is 2.53. The molecule has 0 unspecified atom stereocenters. The first kappa shape index (κ1) is 14.8. The second kappa shape index (κ2) is 5.93. The van der Waals surface area contributed by atoms with Crippen molar-refractivity contribution in [1.29, 1.82) is 5.26 Å². The lowest BCUT2D eigenvalue weighted by molar-refractivity contribution is -0.166. The van der Waals surface area contributed by atoms with E-state index in [2.05, 4.69) is 16.0 Å². The number of anilines is 1. The van der Waals surface area contributed by atoms with E-state index in [-0.39, 0.29) is 5.91 Å². The highest BCUT2D eigenvalue weighted by Gasteiger charge is 2.47. The van der Waals surface area contributed by atoms with E-state index in [0.717, 1.165) is 38.2 Å². The highest BCUT2D eigenvalue weighted by molar-refractivity contribution is 5.86. The van der Waals surface area contributed by atoms with Crippen molar-refractivity contribution in [3.05, 3.63) is 23.9 Å². The molecule has 0 atom stereocenters. The predicted octanol–water partition coefficient (Wildman–Crippen LogP) is 1.17. The summed E-state index contributed by atoms with van der Waals surface area (Å²) in [4.78, 5) is 20.9. The molecule has 0 radical (unpaired) electrons. The fourth-order valence-electron chi connectivity index (χ4n) is 3.09. The monoisotopic (exact) mass is 300 g/mol. The number of pyridine rings is 1. The molecule has 1 aliphatic carbocycles. The van der Waals surface area contributed by atoms with Gasteiger partial charge in [-0.2, -0.15) is 5.26 Å². The molecule has 2 aliphatic rings. The van der Waals surface area contributed by atoms with Crippen molar-refractivity contribution in [3.8, 4) is 6.07 Å². The number of ether oxygens (including phenoxy) is 1. The average molecular weight is 300 g/mol. The van der Waals surface area contributed by atoms with Crippen LogP contribution in [0.3, 0.4) is 0 Å². The summed E-state index contributed by atoms with van der Waals surface area (Å²) < 4.78 is 5.48. The molecular weight excluding hydrogens is 280 g/mol. The molecule has 2 heterocycles. The zero-order valence-electron chi connectivity index (χ0n) is 12.8. The van der Waals surface area contributed by atoms with Gasteiger partial charge in [0.15, 0.2) is 0 Å². The number of hydrogen-bond acceptors (Lipinski definition) is 5. The molecule has 1 aromatic heterocycles. The zero-order valence-corrected chi connectivity index (χ0v) is 12.8. The van der Waals surface area contributed by atoms with Crippen molar-refractivity contribution in [1.82, 2.24) is 9.88 Å². The Morgan fingerprint density at radius 3 is 2.59 bits per heavy atom. The summed E-state index contributed by atoms with van der Waals surface area (Å²) in [7, 11) is 1.63. The van der Waals surface area contributed by atoms with Gasteiger partial charge in [0, 0.05) is 33.3 Å². The Hall–Kier alpha value is -2.13. The third-order valence-electron chi connectivity index (χ3n) is 4.68. The van der Waals surface area contributed by atoms with Crippen LogP contribution in [0.2, 0.25) is 0 Å².